The van der Waals surface area contributed by atoms with E-state index in [1.165, 1.54) is 20.8 Å². The van der Waals surface area contributed by atoms with Crippen LogP contribution < -0.4 is 0 Å². The van der Waals surface area contributed by atoms with E-state index in [-0.39, 0.29) is 5.57 Å². The van der Waals surface area contributed by atoms with E-state index in [9.17, 15) is 9.59 Å². The molecule has 0 saturated carbocycles. The summed E-state index contributed by atoms with van der Waals surface area (Å²) in [5.74, 6) is -0.705. The topological polar surface area (TPSA) is 80.3 Å². The van der Waals surface area contributed by atoms with Crippen molar-refractivity contribution in [2.24, 2.45) is 0 Å². The maximum absolute atomic E-state index is 11.5. The van der Waals surface area contributed by atoms with E-state index >= 15 is 0 Å². The van der Waals surface area contributed by atoms with Gasteiger partial charge in [0.15, 0.2) is 0 Å². The third-order valence-corrected chi connectivity index (χ3v) is 2.46. The van der Waals surface area contributed by atoms with Gasteiger partial charge in [0.1, 0.15) is 5.60 Å². The van der Waals surface area contributed by atoms with Crippen molar-refractivity contribution in [3.8, 4) is 0 Å². The van der Waals surface area contributed by atoms with Crippen LogP contribution in [0.5, 0.6) is 0 Å². The molecular weight excluding hydrogens is 280 g/mol. The molecule has 0 bridgehead atoms. The van der Waals surface area contributed by atoms with Crippen LogP contribution in [0.1, 0.15) is 48.0 Å². The Labute approximate surface area is 125 Å². The zero-order valence-electron chi connectivity index (χ0n) is 13.4. The lowest BCUT2D eigenvalue weighted by atomic mass is 10.1. The molecule has 21 heavy (non-hydrogen) atoms. The Morgan fingerprint density at radius 3 is 2.24 bits per heavy atom. The second-order valence-corrected chi connectivity index (χ2v) is 5.10. The summed E-state index contributed by atoms with van der Waals surface area (Å²) in [4.78, 5) is 31.7. The van der Waals surface area contributed by atoms with Gasteiger partial charge < -0.3 is 14.2 Å². The average molecular weight is 304 g/mol. The predicted octanol–water partition coefficient (Wildman–Crippen LogP) is 3.09. The molecule has 0 heterocycles. The maximum atomic E-state index is 11.5. The van der Waals surface area contributed by atoms with Crippen molar-refractivity contribution in [2.75, 3.05) is 0 Å². The highest BCUT2D eigenvalue weighted by molar-refractivity contribution is 5.86. The van der Waals surface area contributed by atoms with Crippen molar-refractivity contribution in [3.63, 3.8) is 0 Å². The van der Waals surface area contributed by atoms with Gasteiger partial charge in [-0.2, -0.15) is 4.89 Å². The molecule has 7 heteroatoms. The van der Waals surface area contributed by atoms with Crippen molar-refractivity contribution in [1.29, 1.82) is 0 Å². The minimum Gasteiger partial charge on any atom is -0.428 e. The Hall–Kier alpha value is -1.60. The van der Waals surface area contributed by atoms with Gasteiger partial charge in [-0.3, -0.25) is 4.89 Å². The molecule has 0 aliphatic rings. The minimum atomic E-state index is -0.927. The average Bonchev–Trinajstić information content (AvgIpc) is 2.34. The summed E-state index contributed by atoms with van der Waals surface area (Å²) >= 11 is 0. The number of carbonyl (C=O) groups is 2. The monoisotopic (exact) mass is 304 g/mol. The van der Waals surface area contributed by atoms with Crippen molar-refractivity contribution in [2.45, 2.75) is 66.1 Å². The summed E-state index contributed by atoms with van der Waals surface area (Å²) in [6.45, 7) is 13.3. The van der Waals surface area contributed by atoms with E-state index in [0.717, 1.165) is 0 Å². The number of rotatable bonds is 8. The standard InChI is InChI=1S/C14H24O7/c1-8-14(6,7)19-13(16)18-10(4)17-11(5)20-21-12(15)9(2)3/h10-11H,2,8H2,1,3-7H3. The Kier molecular flexibility index (Phi) is 7.98. The fourth-order valence-corrected chi connectivity index (χ4v) is 0.960. The smallest absolute Gasteiger partial charge is 0.428 e. The number of hydrogen-bond donors (Lipinski definition) is 0. The molecule has 0 aromatic rings. The molecule has 122 valence electrons. The van der Waals surface area contributed by atoms with Gasteiger partial charge in [-0.1, -0.05) is 13.5 Å². The van der Waals surface area contributed by atoms with Crippen LogP contribution in [-0.4, -0.2) is 30.3 Å². The third-order valence-electron chi connectivity index (χ3n) is 2.46. The lowest BCUT2D eigenvalue weighted by Crippen LogP contribution is -2.31. The molecule has 0 aromatic carbocycles. The van der Waals surface area contributed by atoms with Gasteiger partial charge >= 0.3 is 12.1 Å². The zero-order chi connectivity index (χ0) is 16.6. The molecule has 0 aromatic heterocycles. The molecule has 0 N–H and O–H groups in total. The first-order valence-electron chi connectivity index (χ1n) is 6.65. The summed E-state index contributed by atoms with van der Waals surface area (Å²) in [6, 6.07) is 0. The molecule has 0 rings (SSSR count). The minimum absolute atomic E-state index is 0.192. The van der Waals surface area contributed by atoms with E-state index in [1.54, 1.807) is 13.8 Å². The lowest BCUT2D eigenvalue weighted by molar-refractivity contribution is -0.364. The van der Waals surface area contributed by atoms with Crippen molar-refractivity contribution in [1.82, 2.24) is 0 Å². The van der Waals surface area contributed by atoms with Gasteiger partial charge in [-0.25, -0.2) is 9.59 Å². The molecule has 2 atom stereocenters. The van der Waals surface area contributed by atoms with Crippen LogP contribution >= 0.6 is 0 Å². The van der Waals surface area contributed by atoms with Crippen LogP contribution in [0.25, 0.3) is 0 Å². The van der Waals surface area contributed by atoms with E-state index in [2.05, 4.69) is 16.4 Å². The summed E-state index contributed by atoms with van der Waals surface area (Å²) in [5.41, 5.74) is -0.424. The lowest BCUT2D eigenvalue weighted by Gasteiger charge is -2.24. The molecule has 0 spiro atoms. The predicted molar refractivity (Wildman–Crippen MR) is 73.9 cm³/mol. The first kappa shape index (κ1) is 19.4. The van der Waals surface area contributed by atoms with Crippen LogP contribution in [0.2, 0.25) is 0 Å². The van der Waals surface area contributed by atoms with Gasteiger partial charge in [0.25, 0.3) is 0 Å². The van der Waals surface area contributed by atoms with E-state index in [1.807, 2.05) is 6.92 Å². The number of ether oxygens (including phenoxy) is 3. The molecule has 0 aliphatic heterocycles. The van der Waals surface area contributed by atoms with Gasteiger partial charge in [0.05, 0.1) is 0 Å². The van der Waals surface area contributed by atoms with Gasteiger partial charge in [-0.15, -0.1) is 0 Å². The van der Waals surface area contributed by atoms with Crippen LogP contribution in [0.4, 0.5) is 4.79 Å². The second-order valence-electron chi connectivity index (χ2n) is 5.10. The second kappa shape index (κ2) is 8.63. The molecule has 0 amide bonds. The largest absolute Gasteiger partial charge is 0.511 e. The van der Waals surface area contributed by atoms with Crippen molar-refractivity contribution in [3.05, 3.63) is 12.2 Å². The first-order valence-corrected chi connectivity index (χ1v) is 6.65. The van der Waals surface area contributed by atoms with Crippen molar-refractivity contribution < 1.29 is 33.6 Å². The molecule has 0 saturated heterocycles. The van der Waals surface area contributed by atoms with Crippen LogP contribution in [0, 0.1) is 0 Å². The molecule has 0 fully saturated rings. The normalized spacial score (nSPS) is 14.0. The highest BCUT2D eigenvalue weighted by atomic mass is 17.2. The quantitative estimate of drug-likeness (QED) is 0.224. The van der Waals surface area contributed by atoms with E-state index < -0.39 is 30.3 Å². The SMILES string of the molecule is C=C(C)C(=O)OOC(C)OC(C)OC(=O)OC(C)(C)CC. The zero-order valence-corrected chi connectivity index (χ0v) is 13.4. The van der Waals surface area contributed by atoms with Crippen LogP contribution in [0.15, 0.2) is 12.2 Å². The van der Waals surface area contributed by atoms with E-state index in [0.29, 0.717) is 6.42 Å². The highest BCUT2D eigenvalue weighted by Crippen LogP contribution is 2.15. The van der Waals surface area contributed by atoms with Gasteiger partial charge in [0, 0.05) is 5.57 Å². The Balaban J connectivity index is 4.08. The maximum Gasteiger partial charge on any atom is 0.511 e. The number of hydrogen-bond acceptors (Lipinski definition) is 7. The van der Waals surface area contributed by atoms with Crippen LogP contribution in [-0.2, 0) is 28.8 Å². The fourth-order valence-electron chi connectivity index (χ4n) is 0.960. The molecule has 7 nitrogen and oxygen atoms in total. The van der Waals surface area contributed by atoms with E-state index in [4.69, 9.17) is 14.2 Å². The Morgan fingerprint density at radius 1 is 1.19 bits per heavy atom. The van der Waals surface area contributed by atoms with Crippen molar-refractivity contribution >= 4 is 12.1 Å². The molecule has 0 radical (unpaired) electrons. The third kappa shape index (κ3) is 9.04. The summed E-state index contributed by atoms with van der Waals surface area (Å²) in [6.07, 6.45) is -2.05. The summed E-state index contributed by atoms with van der Waals surface area (Å²) < 4.78 is 15.1. The molecular formula is C14H24O7. The fraction of sp³-hybridized carbons (Fsp3) is 0.714. The molecule has 0 aliphatic carbocycles. The first-order chi connectivity index (χ1) is 9.57. The molecule has 2 unspecified atom stereocenters. The summed E-state index contributed by atoms with van der Waals surface area (Å²) in [5, 5.41) is 0. The summed E-state index contributed by atoms with van der Waals surface area (Å²) in [7, 11) is 0. The van der Waals surface area contributed by atoms with Crippen LogP contribution in [0.3, 0.4) is 0 Å². The van der Waals surface area contributed by atoms with Gasteiger partial charge in [-0.05, 0) is 41.0 Å². The van der Waals surface area contributed by atoms with Gasteiger partial charge in [0.2, 0.25) is 12.6 Å². The Bertz CT molecular complexity index is 376. The Morgan fingerprint density at radius 2 is 1.76 bits per heavy atom. The number of carbonyl (C=O) groups excluding carboxylic acids is 2. The highest BCUT2D eigenvalue weighted by Gasteiger charge is 2.24.